The molecule has 0 bridgehead atoms. The summed E-state index contributed by atoms with van der Waals surface area (Å²) in [7, 11) is -0.356. The number of ether oxygens (including phenoxy) is 2. The SMILES string of the molecule is COc1ccc(CNS(=O)(=O)CCl)cc1OC. The van der Waals surface area contributed by atoms with Crippen molar-refractivity contribution in [3.63, 3.8) is 0 Å². The smallest absolute Gasteiger partial charge is 0.225 e. The predicted molar refractivity (Wildman–Crippen MR) is 66.0 cm³/mol. The van der Waals surface area contributed by atoms with Gasteiger partial charge in [-0.15, -0.1) is 11.6 Å². The second-order valence-corrected chi connectivity index (χ2v) is 5.63. The Hall–Kier alpha value is -0.980. The van der Waals surface area contributed by atoms with Gasteiger partial charge in [0.1, 0.15) is 5.21 Å². The van der Waals surface area contributed by atoms with Crippen LogP contribution < -0.4 is 14.2 Å². The summed E-state index contributed by atoms with van der Waals surface area (Å²) in [6, 6.07) is 5.16. The van der Waals surface area contributed by atoms with Gasteiger partial charge in [0, 0.05) is 6.54 Å². The molecule has 0 aliphatic rings. The summed E-state index contributed by atoms with van der Waals surface area (Å²) in [6.45, 7) is 0.162. The van der Waals surface area contributed by atoms with E-state index in [0.717, 1.165) is 5.56 Å². The molecule has 17 heavy (non-hydrogen) atoms. The molecule has 0 fully saturated rings. The van der Waals surface area contributed by atoms with Crippen molar-refractivity contribution in [1.82, 2.24) is 4.72 Å². The Kier molecular flexibility index (Phi) is 5.04. The van der Waals surface area contributed by atoms with Gasteiger partial charge in [-0.3, -0.25) is 0 Å². The molecule has 0 saturated carbocycles. The van der Waals surface area contributed by atoms with Crippen LogP contribution in [-0.2, 0) is 16.6 Å². The molecule has 0 aromatic heterocycles. The second-order valence-electron chi connectivity index (χ2n) is 3.23. The second kappa shape index (κ2) is 6.09. The van der Waals surface area contributed by atoms with Crippen LogP contribution in [-0.4, -0.2) is 27.8 Å². The highest BCUT2D eigenvalue weighted by Crippen LogP contribution is 2.27. The van der Waals surface area contributed by atoms with E-state index in [1.807, 2.05) is 0 Å². The summed E-state index contributed by atoms with van der Waals surface area (Å²) in [5.74, 6) is 1.14. The molecule has 0 heterocycles. The van der Waals surface area contributed by atoms with Crippen LogP contribution in [0, 0.1) is 0 Å². The Morgan fingerprint density at radius 2 is 1.88 bits per heavy atom. The number of nitrogens with one attached hydrogen (secondary N) is 1. The minimum atomic E-state index is -3.41. The lowest BCUT2D eigenvalue weighted by atomic mass is 10.2. The molecular formula is C10H14ClNO4S. The summed E-state index contributed by atoms with van der Waals surface area (Å²) in [5.41, 5.74) is 0.761. The molecule has 1 aromatic rings. The van der Waals surface area contributed by atoms with E-state index in [4.69, 9.17) is 21.1 Å². The van der Waals surface area contributed by atoms with E-state index in [2.05, 4.69) is 4.72 Å². The zero-order chi connectivity index (χ0) is 12.9. The Morgan fingerprint density at radius 3 is 2.41 bits per heavy atom. The number of hydrogen-bond acceptors (Lipinski definition) is 4. The number of benzene rings is 1. The van der Waals surface area contributed by atoms with Gasteiger partial charge in [-0.2, -0.15) is 0 Å². The van der Waals surface area contributed by atoms with Crippen molar-refractivity contribution in [2.45, 2.75) is 6.54 Å². The number of hydrogen-bond donors (Lipinski definition) is 1. The van der Waals surface area contributed by atoms with Gasteiger partial charge in [0.2, 0.25) is 10.0 Å². The standard InChI is InChI=1S/C10H14ClNO4S/c1-15-9-4-3-8(5-10(9)16-2)6-12-17(13,14)7-11/h3-5,12H,6-7H2,1-2H3. The first-order valence-corrected chi connectivity index (χ1v) is 6.95. The van der Waals surface area contributed by atoms with Gasteiger partial charge in [0.15, 0.2) is 11.5 Å². The fourth-order valence-electron chi connectivity index (χ4n) is 1.22. The van der Waals surface area contributed by atoms with Crippen molar-refractivity contribution < 1.29 is 17.9 Å². The van der Waals surface area contributed by atoms with Gasteiger partial charge in [0.05, 0.1) is 14.2 Å². The van der Waals surface area contributed by atoms with E-state index in [1.165, 1.54) is 14.2 Å². The normalized spacial score (nSPS) is 11.2. The lowest BCUT2D eigenvalue weighted by molar-refractivity contribution is 0.354. The average molecular weight is 280 g/mol. The number of rotatable bonds is 6. The molecule has 5 nitrogen and oxygen atoms in total. The Labute approximate surface area is 106 Å². The van der Waals surface area contributed by atoms with Crippen LogP contribution in [0.4, 0.5) is 0 Å². The molecule has 0 spiro atoms. The Morgan fingerprint density at radius 1 is 1.24 bits per heavy atom. The molecule has 0 radical (unpaired) electrons. The fourth-order valence-corrected chi connectivity index (χ4v) is 1.92. The number of halogens is 1. The number of sulfonamides is 1. The highest BCUT2D eigenvalue weighted by Gasteiger charge is 2.09. The van der Waals surface area contributed by atoms with Crippen LogP contribution in [0.1, 0.15) is 5.56 Å². The van der Waals surface area contributed by atoms with Crippen LogP contribution in [0.3, 0.4) is 0 Å². The van der Waals surface area contributed by atoms with Gasteiger partial charge in [-0.05, 0) is 17.7 Å². The van der Waals surface area contributed by atoms with E-state index >= 15 is 0 Å². The number of methoxy groups -OCH3 is 2. The van der Waals surface area contributed by atoms with E-state index < -0.39 is 15.2 Å². The molecule has 7 heteroatoms. The van der Waals surface area contributed by atoms with Gasteiger partial charge in [0.25, 0.3) is 0 Å². The van der Waals surface area contributed by atoms with E-state index in [-0.39, 0.29) is 6.54 Å². The largest absolute Gasteiger partial charge is 0.493 e. The predicted octanol–water partition coefficient (Wildman–Crippen LogP) is 1.32. The zero-order valence-corrected chi connectivity index (χ0v) is 11.1. The molecule has 1 aromatic carbocycles. The van der Waals surface area contributed by atoms with Crippen LogP contribution in [0.25, 0.3) is 0 Å². The highest BCUT2D eigenvalue weighted by atomic mass is 35.5. The number of alkyl halides is 1. The quantitative estimate of drug-likeness (QED) is 0.798. The van der Waals surface area contributed by atoms with Gasteiger partial charge >= 0.3 is 0 Å². The first-order chi connectivity index (χ1) is 8.02. The summed E-state index contributed by atoms with van der Waals surface area (Å²) < 4.78 is 34.8. The van der Waals surface area contributed by atoms with Crippen LogP contribution in [0.2, 0.25) is 0 Å². The van der Waals surface area contributed by atoms with Crippen LogP contribution in [0.15, 0.2) is 18.2 Å². The molecule has 0 amide bonds. The summed E-state index contributed by atoms with van der Waals surface area (Å²) in [4.78, 5) is 0. The zero-order valence-electron chi connectivity index (χ0n) is 9.57. The van der Waals surface area contributed by atoms with Crippen molar-refractivity contribution >= 4 is 21.6 Å². The maximum absolute atomic E-state index is 11.2. The first-order valence-electron chi connectivity index (χ1n) is 4.76. The third-order valence-electron chi connectivity index (χ3n) is 2.09. The first kappa shape index (κ1) is 14.1. The third-order valence-corrected chi connectivity index (χ3v) is 3.82. The van der Waals surface area contributed by atoms with Gasteiger partial charge in [-0.1, -0.05) is 6.07 Å². The maximum atomic E-state index is 11.2. The van der Waals surface area contributed by atoms with Crippen LogP contribution in [0.5, 0.6) is 11.5 Å². The van der Waals surface area contributed by atoms with Crippen molar-refractivity contribution in [2.24, 2.45) is 0 Å². The monoisotopic (exact) mass is 279 g/mol. The van der Waals surface area contributed by atoms with Crippen molar-refractivity contribution in [2.75, 3.05) is 19.4 Å². The van der Waals surface area contributed by atoms with Crippen molar-refractivity contribution in [3.05, 3.63) is 23.8 Å². The minimum Gasteiger partial charge on any atom is -0.493 e. The topological polar surface area (TPSA) is 64.6 Å². The van der Waals surface area contributed by atoms with Crippen molar-refractivity contribution in [1.29, 1.82) is 0 Å². The molecule has 1 rings (SSSR count). The summed E-state index contributed by atoms with van der Waals surface area (Å²) >= 11 is 5.27. The molecule has 1 N–H and O–H groups in total. The minimum absolute atomic E-state index is 0.162. The van der Waals surface area contributed by atoms with Crippen LogP contribution >= 0.6 is 11.6 Å². The summed E-state index contributed by atoms with van der Waals surface area (Å²) in [5, 5.41) is -0.458. The molecule has 0 aliphatic heterocycles. The molecule has 0 aliphatic carbocycles. The average Bonchev–Trinajstić information content (AvgIpc) is 2.36. The molecular weight excluding hydrogens is 266 g/mol. The van der Waals surface area contributed by atoms with E-state index in [1.54, 1.807) is 18.2 Å². The molecule has 96 valence electrons. The van der Waals surface area contributed by atoms with Crippen molar-refractivity contribution in [3.8, 4) is 11.5 Å². The van der Waals surface area contributed by atoms with Gasteiger partial charge < -0.3 is 9.47 Å². The van der Waals surface area contributed by atoms with Gasteiger partial charge in [-0.25, -0.2) is 13.1 Å². The van der Waals surface area contributed by atoms with E-state index in [0.29, 0.717) is 11.5 Å². The Bertz CT molecular complexity index is 475. The van der Waals surface area contributed by atoms with E-state index in [9.17, 15) is 8.42 Å². The molecule has 0 saturated heterocycles. The highest BCUT2D eigenvalue weighted by molar-refractivity contribution is 7.90. The lowest BCUT2D eigenvalue weighted by Crippen LogP contribution is -2.23. The molecule has 0 atom stereocenters. The maximum Gasteiger partial charge on any atom is 0.225 e. The fraction of sp³-hybridized carbons (Fsp3) is 0.400. The molecule has 0 unspecified atom stereocenters. The third kappa shape index (κ3) is 4.07. The summed E-state index contributed by atoms with van der Waals surface area (Å²) in [6.07, 6.45) is 0. The lowest BCUT2D eigenvalue weighted by Gasteiger charge is -2.09. The Balaban J connectivity index is 2.80.